The Morgan fingerprint density at radius 3 is 2.57 bits per heavy atom. The number of rotatable bonds is 10. The number of nitrogens with zero attached hydrogens (tertiary/aromatic N) is 4. The summed E-state index contributed by atoms with van der Waals surface area (Å²) < 4.78 is 34.3. The molecular weight excluding hydrogens is 488 g/mol. The third-order valence-electron chi connectivity index (χ3n) is 7.08. The Bertz CT molecular complexity index is 1360. The van der Waals surface area contributed by atoms with Crippen LogP contribution in [0.15, 0.2) is 27.9 Å². The highest BCUT2D eigenvalue weighted by molar-refractivity contribution is 6.01. The van der Waals surface area contributed by atoms with Crippen LogP contribution in [-0.2, 0) is 11.2 Å². The van der Waals surface area contributed by atoms with Crippen molar-refractivity contribution < 1.29 is 23.0 Å². The first kappa shape index (κ1) is 24.8. The average molecular weight is 516 g/mol. The van der Waals surface area contributed by atoms with Crippen LogP contribution in [0.1, 0.15) is 67.3 Å². The Balaban J connectivity index is 1.38. The summed E-state index contributed by atoms with van der Waals surface area (Å²) in [6.45, 7) is 3.36. The quantitative estimate of drug-likeness (QED) is 0.376. The van der Waals surface area contributed by atoms with E-state index in [2.05, 4.69) is 31.0 Å². The Labute approximate surface area is 210 Å². The van der Waals surface area contributed by atoms with Crippen molar-refractivity contribution in [2.75, 3.05) is 5.32 Å². The fourth-order valence-electron chi connectivity index (χ4n) is 4.84. The van der Waals surface area contributed by atoms with Crippen LogP contribution in [0.3, 0.4) is 0 Å². The number of nitrogens with one attached hydrogen (secondary N) is 3. The van der Waals surface area contributed by atoms with E-state index in [1.54, 1.807) is 13.8 Å². The van der Waals surface area contributed by atoms with Crippen LogP contribution in [-0.4, -0.2) is 42.9 Å². The predicted molar refractivity (Wildman–Crippen MR) is 126 cm³/mol. The molecular formula is C24H27F2N7O4. The Kier molecular flexibility index (Phi) is 6.61. The SMILES string of the molecule is CCc1nonc1C(=O)N[C@H](C(=O)Nc1cn([C@@H](C)c2cc(F)c[nH]c2=O)nc1F)C(C1CC1)C1CC1. The number of hydrogen-bond acceptors (Lipinski definition) is 7. The molecule has 3 heterocycles. The molecule has 2 saturated carbocycles. The molecule has 3 aromatic rings. The lowest BCUT2D eigenvalue weighted by molar-refractivity contribution is -0.119. The van der Waals surface area contributed by atoms with Gasteiger partial charge in [0.2, 0.25) is 5.91 Å². The van der Waals surface area contributed by atoms with Gasteiger partial charge in [0.15, 0.2) is 5.69 Å². The number of aromatic nitrogens is 5. The first-order chi connectivity index (χ1) is 17.8. The van der Waals surface area contributed by atoms with E-state index in [1.165, 1.54) is 6.20 Å². The van der Waals surface area contributed by atoms with E-state index < -0.39 is 41.2 Å². The molecule has 0 saturated heterocycles. The average Bonchev–Trinajstić information content (AvgIpc) is 3.81. The molecule has 0 aromatic carbocycles. The monoisotopic (exact) mass is 515 g/mol. The van der Waals surface area contributed by atoms with Gasteiger partial charge in [-0.05, 0) is 68.0 Å². The van der Waals surface area contributed by atoms with Crippen molar-refractivity contribution >= 4 is 17.5 Å². The molecule has 196 valence electrons. The highest BCUT2D eigenvalue weighted by Gasteiger charge is 2.48. The minimum Gasteiger partial charge on any atom is -0.338 e. The van der Waals surface area contributed by atoms with E-state index in [0.717, 1.165) is 42.6 Å². The maximum absolute atomic E-state index is 14.8. The fraction of sp³-hybridized carbons (Fsp3) is 0.500. The van der Waals surface area contributed by atoms with Gasteiger partial charge < -0.3 is 15.6 Å². The smallest absolute Gasteiger partial charge is 0.276 e. The molecule has 2 fully saturated rings. The van der Waals surface area contributed by atoms with Crippen LogP contribution in [0.25, 0.3) is 0 Å². The third kappa shape index (κ3) is 5.16. The zero-order valence-electron chi connectivity index (χ0n) is 20.3. The summed E-state index contributed by atoms with van der Waals surface area (Å²) in [6.07, 6.45) is 6.42. The maximum atomic E-state index is 14.8. The highest BCUT2D eigenvalue weighted by Crippen LogP contribution is 2.51. The number of carbonyl (C=O) groups excluding carboxylic acids is 2. The second kappa shape index (κ2) is 9.87. The summed E-state index contributed by atoms with van der Waals surface area (Å²) >= 11 is 0. The van der Waals surface area contributed by atoms with E-state index in [9.17, 15) is 23.2 Å². The summed E-state index contributed by atoms with van der Waals surface area (Å²) in [5.74, 6) is -2.31. The minimum absolute atomic E-state index is 0.0128. The summed E-state index contributed by atoms with van der Waals surface area (Å²) in [6, 6.07) is -0.695. The first-order valence-corrected chi connectivity index (χ1v) is 12.3. The van der Waals surface area contributed by atoms with Crippen molar-refractivity contribution in [1.82, 2.24) is 30.4 Å². The first-order valence-electron chi connectivity index (χ1n) is 12.3. The van der Waals surface area contributed by atoms with Crippen molar-refractivity contribution in [3.8, 4) is 0 Å². The molecule has 2 aliphatic carbocycles. The van der Waals surface area contributed by atoms with E-state index in [1.807, 2.05) is 0 Å². The lowest BCUT2D eigenvalue weighted by Crippen LogP contribution is -2.50. The van der Waals surface area contributed by atoms with Crippen molar-refractivity contribution in [2.45, 2.75) is 58.0 Å². The molecule has 0 bridgehead atoms. The van der Waals surface area contributed by atoms with Crippen LogP contribution >= 0.6 is 0 Å². The summed E-state index contributed by atoms with van der Waals surface area (Å²) in [5, 5.41) is 16.5. The largest absolute Gasteiger partial charge is 0.338 e. The molecule has 2 aliphatic rings. The molecule has 0 spiro atoms. The van der Waals surface area contributed by atoms with E-state index in [0.29, 0.717) is 12.1 Å². The molecule has 11 nitrogen and oxygen atoms in total. The Morgan fingerprint density at radius 2 is 1.92 bits per heavy atom. The molecule has 5 rings (SSSR count). The van der Waals surface area contributed by atoms with Gasteiger partial charge in [0.1, 0.15) is 23.2 Å². The van der Waals surface area contributed by atoms with Crippen LogP contribution < -0.4 is 16.2 Å². The highest BCUT2D eigenvalue weighted by atomic mass is 19.1. The van der Waals surface area contributed by atoms with Crippen molar-refractivity contribution in [3.05, 3.63) is 57.5 Å². The molecule has 2 amide bonds. The molecule has 0 radical (unpaired) electrons. The van der Waals surface area contributed by atoms with E-state index in [-0.39, 0.29) is 34.7 Å². The summed E-state index contributed by atoms with van der Waals surface area (Å²) in [4.78, 5) is 40.9. The van der Waals surface area contributed by atoms with Gasteiger partial charge in [0, 0.05) is 11.8 Å². The second-order valence-electron chi connectivity index (χ2n) is 9.70. The molecule has 13 heteroatoms. The predicted octanol–water partition coefficient (Wildman–Crippen LogP) is 2.58. The zero-order valence-corrected chi connectivity index (χ0v) is 20.3. The Hall–Kier alpha value is -3.90. The topological polar surface area (TPSA) is 148 Å². The van der Waals surface area contributed by atoms with Gasteiger partial charge in [-0.1, -0.05) is 12.1 Å². The van der Waals surface area contributed by atoms with Gasteiger partial charge in [-0.25, -0.2) is 9.02 Å². The lowest BCUT2D eigenvalue weighted by atomic mass is 9.88. The standard InChI is InChI=1S/C24H27F2N7O4/c1-3-16-19(32-37-31-16)23(35)29-20(18(12-4-5-12)13-6-7-13)24(36)28-17-10-33(30-21(17)26)11(2)15-8-14(25)9-27-22(15)34/h8-13,18,20H,3-7H2,1-2H3,(H,27,34)(H,28,36)(H,29,35)/t11-,20-/m0/s1. The fourth-order valence-corrected chi connectivity index (χ4v) is 4.84. The van der Waals surface area contributed by atoms with Crippen LogP contribution in [0.5, 0.6) is 0 Å². The van der Waals surface area contributed by atoms with Crippen LogP contribution in [0.4, 0.5) is 14.5 Å². The van der Waals surface area contributed by atoms with Gasteiger partial charge in [0.05, 0.1) is 12.2 Å². The van der Waals surface area contributed by atoms with E-state index >= 15 is 0 Å². The van der Waals surface area contributed by atoms with Gasteiger partial charge >= 0.3 is 0 Å². The zero-order chi connectivity index (χ0) is 26.3. The number of anilines is 1. The van der Waals surface area contributed by atoms with Gasteiger partial charge in [0.25, 0.3) is 17.4 Å². The number of aromatic amines is 1. The second-order valence-corrected chi connectivity index (χ2v) is 9.70. The molecule has 2 atom stereocenters. The molecule has 0 aliphatic heterocycles. The van der Waals surface area contributed by atoms with Crippen molar-refractivity contribution in [2.24, 2.45) is 17.8 Å². The molecule has 0 unspecified atom stereocenters. The number of amides is 2. The molecule has 3 N–H and O–H groups in total. The van der Waals surface area contributed by atoms with Gasteiger partial charge in [-0.15, -0.1) is 5.10 Å². The normalized spacial score (nSPS) is 17.0. The van der Waals surface area contributed by atoms with Gasteiger partial charge in [-0.3, -0.25) is 19.1 Å². The number of pyridine rings is 1. The van der Waals surface area contributed by atoms with Crippen molar-refractivity contribution in [3.63, 3.8) is 0 Å². The number of H-pyrrole nitrogens is 1. The Morgan fingerprint density at radius 1 is 1.22 bits per heavy atom. The number of hydrogen-bond donors (Lipinski definition) is 3. The number of halogens is 2. The lowest BCUT2D eigenvalue weighted by Gasteiger charge is -2.27. The number of aryl methyl sites for hydroxylation is 1. The van der Waals surface area contributed by atoms with E-state index in [4.69, 9.17) is 4.63 Å². The maximum Gasteiger partial charge on any atom is 0.276 e. The van der Waals surface area contributed by atoms with Crippen LogP contribution in [0, 0.1) is 29.5 Å². The molecule has 37 heavy (non-hydrogen) atoms. The third-order valence-corrected chi connectivity index (χ3v) is 7.08. The van der Waals surface area contributed by atoms with Crippen LogP contribution in [0.2, 0.25) is 0 Å². The summed E-state index contributed by atoms with van der Waals surface area (Å²) in [5.41, 5.74) is -0.324. The molecule has 3 aromatic heterocycles. The minimum atomic E-state index is -0.971. The van der Waals surface area contributed by atoms with Crippen molar-refractivity contribution in [1.29, 1.82) is 0 Å². The summed E-state index contributed by atoms with van der Waals surface area (Å²) in [7, 11) is 0. The van der Waals surface area contributed by atoms with Gasteiger partial charge in [-0.2, -0.15) is 4.39 Å². The number of carbonyl (C=O) groups is 2.